The molecule has 1 aromatic carbocycles. The van der Waals surface area contributed by atoms with Gasteiger partial charge in [0.2, 0.25) is 0 Å². The third-order valence-corrected chi connectivity index (χ3v) is 3.34. The van der Waals surface area contributed by atoms with Gasteiger partial charge in [-0.1, -0.05) is 34.1 Å². The first kappa shape index (κ1) is 10.4. The third kappa shape index (κ3) is 2.29. The second kappa shape index (κ2) is 4.19. The van der Waals surface area contributed by atoms with Crippen LogP contribution in [0.2, 0.25) is 0 Å². The van der Waals surface area contributed by atoms with Crippen LogP contribution in [0, 0.1) is 0 Å². The fraction of sp³-hybridized carbons (Fsp3) is 0.250. The number of nitrogens with two attached hydrogens (primary N) is 1. The van der Waals surface area contributed by atoms with E-state index >= 15 is 0 Å². The fourth-order valence-corrected chi connectivity index (χ4v) is 2.56. The van der Waals surface area contributed by atoms with Gasteiger partial charge in [0.25, 0.3) is 0 Å². The molecule has 0 saturated heterocycles. The first-order valence-corrected chi connectivity index (χ1v) is 5.69. The molecule has 1 atom stereocenters. The summed E-state index contributed by atoms with van der Waals surface area (Å²) in [7, 11) is 0. The average Bonchev–Trinajstić information content (AvgIpc) is 2.16. The molecule has 0 bridgehead atoms. The van der Waals surface area contributed by atoms with Gasteiger partial charge in [-0.15, -0.1) is 0 Å². The van der Waals surface area contributed by atoms with Crippen LogP contribution in [-0.4, -0.2) is 5.78 Å². The normalized spacial score (nSPS) is 21.3. The van der Waals surface area contributed by atoms with E-state index in [-0.39, 0.29) is 11.7 Å². The van der Waals surface area contributed by atoms with E-state index in [4.69, 9.17) is 5.73 Å². The Bertz CT molecular complexity index is 425. The van der Waals surface area contributed by atoms with Gasteiger partial charge in [-0.2, -0.15) is 0 Å². The summed E-state index contributed by atoms with van der Waals surface area (Å²) in [6, 6.07) is 7.99. The minimum Gasteiger partial charge on any atom is -0.402 e. The Morgan fingerprint density at radius 1 is 1.27 bits per heavy atom. The average molecular weight is 266 g/mol. The highest BCUT2D eigenvalue weighted by Crippen LogP contribution is 2.33. The number of halogens is 1. The SMILES string of the molecule is NC1=CC(=O)CC(c2ccccc2Br)C1. The molecule has 1 aromatic rings. The molecule has 0 aromatic heterocycles. The van der Waals surface area contributed by atoms with Crippen molar-refractivity contribution in [1.82, 2.24) is 0 Å². The Labute approximate surface area is 97.3 Å². The highest BCUT2D eigenvalue weighted by atomic mass is 79.9. The lowest BCUT2D eigenvalue weighted by Gasteiger charge is -2.21. The summed E-state index contributed by atoms with van der Waals surface area (Å²) in [5.74, 6) is 0.345. The smallest absolute Gasteiger partial charge is 0.158 e. The molecule has 0 amide bonds. The van der Waals surface area contributed by atoms with Crippen molar-refractivity contribution in [3.63, 3.8) is 0 Å². The maximum absolute atomic E-state index is 11.4. The van der Waals surface area contributed by atoms with Crippen molar-refractivity contribution in [2.45, 2.75) is 18.8 Å². The number of allylic oxidation sites excluding steroid dienone is 2. The van der Waals surface area contributed by atoms with E-state index in [9.17, 15) is 4.79 Å². The van der Waals surface area contributed by atoms with Gasteiger partial charge in [0.05, 0.1) is 0 Å². The van der Waals surface area contributed by atoms with E-state index in [1.807, 2.05) is 24.3 Å². The quantitative estimate of drug-likeness (QED) is 0.849. The first-order valence-electron chi connectivity index (χ1n) is 4.90. The molecule has 0 fully saturated rings. The van der Waals surface area contributed by atoms with Crippen molar-refractivity contribution >= 4 is 21.7 Å². The maximum atomic E-state index is 11.4. The number of benzene rings is 1. The van der Waals surface area contributed by atoms with Crippen LogP contribution in [0.15, 0.2) is 40.5 Å². The van der Waals surface area contributed by atoms with E-state index in [0.717, 1.165) is 10.9 Å². The predicted molar refractivity (Wildman–Crippen MR) is 63.4 cm³/mol. The van der Waals surface area contributed by atoms with Gasteiger partial charge < -0.3 is 5.73 Å². The summed E-state index contributed by atoms with van der Waals surface area (Å²) in [6.45, 7) is 0. The zero-order valence-electron chi connectivity index (χ0n) is 8.24. The molecule has 0 spiro atoms. The number of ketones is 1. The van der Waals surface area contributed by atoms with Crippen LogP contribution < -0.4 is 5.73 Å². The summed E-state index contributed by atoms with van der Waals surface area (Å²) in [4.78, 5) is 11.4. The third-order valence-electron chi connectivity index (χ3n) is 2.62. The van der Waals surface area contributed by atoms with E-state index in [1.54, 1.807) is 6.08 Å². The van der Waals surface area contributed by atoms with Gasteiger partial charge in [-0.25, -0.2) is 0 Å². The van der Waals surface area contributed by atoms with Crippen molar-refractivity contribution < 1.29 is 4.79 Å². The summed E-state index contributed by atoms with van der Waals surface area (Å²) < 4.78 is 1.05. The Hall–Kier alpha value is -1.09. The first-order chi connectivity index (χ1) is 7.16. The Morgan fingerprint density at radius 2 is 2.00 bits per heavy atom. The van der Waals surface area contributed by atoms with E-state index < -0.39 is 0 Å². The lowest BCUT2D eigenvalue weighted by atomic mass is 9.86. The molecule has 0 radical (unpaired) electrons. The lowest BCUT2D eigenvalue weighted by molar-refractivity contribution is -0.115. The van der Waals surface area contributed by atoms with Crippen LogP contribution in [0.25, 0.3) is 0 Å². The standard InChI is InChI=1S/C12H12BrNO/c13-12-4-2-1-3-11(12)8-5-9(14)7-10(15)6-8/h1-4,7-8H,5-6,14H2. The van der Waals surface area contributed by atoms with Gasteiger partial charge in [0.15, 0.2) is 5.78 Å². The van der Waals surface area contributed by atoms with Crippen LogP contribution in [0.1, 0.15) is 24.3 Å². The lowest BCUT2D eigenvalue weighted by Crippen LogP contribution is -2.16. The minimum absolute atomic E-state index is 0.125. The molecule has 2 nitrogen and oxygen atoms in total. The number of carbonyl (C=O) groups is 1. The van der Waals surface area contributed by atoms with Crippen molar-refractivity contribution in [2.24, 2.45) is 5.73 Å². The Morgan fingerprint density at radius 3 is 2.67 bits per heavy atom. The number of carbonyl (C=O) groups excluding carboxylic acids is 1. The van der Waals surface area contributed by atoms with Gasteiger partial charge in [0, 0.05) is 16.6 Å². The van der Waals surface area contributed by atoms with E-state index in [0.29, 0.717) is 12.1 Å². The minimum atomic E-state index is 0.125. The topological polar surface area (TPSA) is 43.1 Å². The molecule has 0 saturated carbocycles. The zero-order valence-corrected chi connectivity index (χ0v) is 9.83. The van der Waals surface area contributed by atoms with Crippen LogP contribution in [-0.2, 0) is 4.79 Å². The zero-order chi connectivity index (χ0) is 10.8. The van der Waals surface area contributed by atoms with Gasteiger partial charge in [-0.05, 0) is 30.0 Å². The Balaban J connectivity index is 2.30. The molecule has 0 aliphatic heterocycles. The molecule has 1 aliphatic carbocycles. The van der Waals surface area contributed by atoms with Crippen molar-refractivity contribution in [1.29, 1.82) is 0 Å². The predicted octanol–water partition coefficient (Wildman–Crippen LogP) is 2.74. The molecular formula is C12H12BrNO. The molecule has 15 heavy (non-hydrogen) atoms. The fourth-order valence-electron chi connectivity index (χ4n) is 1.95. The highest BCUT2D eigenvalue weighted by molar-refractivity contribution is 9.10. The van der Waals surface area contributed by atoms with Crippen LogP contribution >= 0.6 is 15.9 Å². The molecule has 1 unspecified atom stereocenters. The van der Waals surface area contributed by atoms with Crippen LogP contribution in [0.5, 0.6) is 0 Å². The van der Waals surface area contributed by atoms with Crippen molar-refractivity contribution in [3.8, 4) is 0 Å². The van der Waals surface area contributed by atoms with Gasteiger partial charge >= 0.3 is 0 Å². The molecule has 3 heteroatoms. The van der Waals surface area contributed by atoms with Crippen molar-refractivity contribution in [3.05, 3.63) is 46.1 Å². The monoisotopic (exact) mass is 265 g/mol. The maximum Gasteiger partial charge on any atom is 0.158 e. The molecule has 0 heterocycles. The second-order valence-electron chi connectivity index (χ2n) is 3.81. The number of rotatable bonds is 1. The number of hydrogen-bond acceptors (Lipinski definition) is 2. The largest absolute Gasteiger partial charge is 0.402 e. The molecule has 78 valence electrons. The van der Waals surface area contributed by atoms with Crippen LogP contribution in [0.3, 0.4) is 0 Å². The molecule has 2 N–H and O–H groups in total. The van der Waals surface area contributed by atoms with Gasteiger partial charge in [0.1, 0.15) is 0 Å². The summed E-state index contributed by atoms with van der Waals surface area (Å²) in [6.07, 6.45) is 2.88. The van der Waals surface area contributed by atoms with Crippen LogP contribution in [0.4, 0.5) is 0 Å². The summed E-state index contributed by atoms with van der Waals surface area (Å²) in [5.41, 5.74) is 7.58. The van der Waals surface area contributed by atoms with E-state index in [2.05, 4.69) is 15.9 Å². The Kier molecular flexibility index (Phi) is 2.91. The highest BCUT2D eigenvalue weighted by Gasteiger charge is 2.22. The molecule has 1 aliphatic rings. The summed E-state index contributed by atoms with van der Waals surface area (Å²) in [5, 5.41) is 0. The van der Waals surface area contributed by atoms with Crippen molar-refractivity contribution in [2.75, 3.05) is 0 Å². The van der Waals surface area contributed by atoms with Gasteiger partial charge in [-0.3, -0.25) is 4.79 Å². The second-order valence-corrected chi connectivity index (χ2v) is 4.67. The molecule has 2 rings (SSSR count). The van der Waals surface area contributed by atoms with E-state index in [1.165, 1.54) is 5.56 Å². The molecular weight excluding hydrogens is 254 g/mol. The number of hydrogen-bond donors (Lipinski definition) is 1. The summed E-state index contributed by atoms with van der Waals surface area (Å²) >= 11 is 3.50.